The minimum Gasteiger partial charge on any atom is -0.495 e. The Bertz CT molecular complexity index is 1600. The van der Waals surface area contributed by atoms with E-state index >= 15 is 0 Å². The number of amides is 2. The molecule has 0 fully saturated rings. The Balaban J connectivity index is 1.66. The highest BCUT2D eigenvalue weighted by atomic mass is 35.5. The standard InChI is InChI=1S/C32H31ClN4O3S/c1-18-14-19(2)30(20(3)15-18)37-27(38)17-41-32-23(16-34)29(22-10-6-7-11-24(22)33)28(21(4)35-32)31(39)36-25-12-8-9-13-26(25)40-5/h6-15,29,35H,17H2,1-5H3,(H,36,39)(H,37,38). The molecule has 0 aliphatic carbocycles. The molecule has 1 aliphatic heterocycles. The molecule has 2 amide bonds. The molecule has 3 aromatic rings. The van der Waals surface area contributed by atoms with E-state index in [1.165, 1.54) is 18.9 Å². The van der Waals surface area contributed by atoms with Crippen LogP contribution in [0.2, 0.25) is 5.02 Å². The number of ether oxygens (including phenoxy) is 1. The summed E-state index contributed by atoms with van der Waals surface area (Å²) in [6, 6.07) is 20.6. The summed E-state index contributed by atoms with van der Waals surface area (Å²) in [4.78, 5) is 26.7. The van der Waals surface area contributed by atoms with Crippen LogP contribution in [0.15, 0.2) is 82.5 Å². The lowest BCUT2D eigenvalue weighted by Crippen LogP contribution is -2.31. The predicted octanol–water partition coefficient (Wildman–Crippen LogP) is 6.98. The number of allylic oxidation sites excluding steroid dienone is 2. The smallest absolute Gasteiger partial charge is 0.254 e. The molecule has 1 aliphatic rings. The molecule has 0 aromatic heterocycles. The second kappa shape index (κ2) is 13.0. The first kappa shape index (κ1) is 29.8. The molecule has 1 heterocycles. The Morgan fingerprint density at radius 2 is 1.68 bits per heavy atom. The van der Waals surface area contributed by atoms with Gasteiger partial charge < -0.3 is 20.7 Å². The molecule has 0 saturated heterocycles. The number of anilines is 2. The molecule has 1 unspecified atom stereocenters. The second-order valence-electron chi connectivity index (χ2n) is 9.74. The number of nitrogens with one attached hydrogen (secondary N) is 3. The van der Waals surface area contributed by atoms with Crippen molar-refractivity contribution in [2.45, 2.75) is 33.6 Å². The molecular formula is C32H31ClN4O3S. The third-order valence-electron chi connectivity index (χ3n) is 6.75. The Kier molecular flexibility index (Phi) is 9.43. The number of nitrogens with zero attached hydrogens (tertiary/aromatic N) is 1. The number of aryl methyl sites for hydroxylation is 3. The minimum absolute atomic E-state index is 0.0610. The van der Waals surface area contributed by atoms with Crippen LogP contribution in [0.5, 0.6) is 5.75 Å². The van der Waals surface area contributed by atoms with E-state index in [1.807, 2.05) is 45.0 Å². The molecule has 3 N–H and O–H groups in total. The van der Waals surface area contributed by atoms with Crippen LogP contribution in [-0.4, -0.2) is 24.7 Å². The summed E-state index contributed by atoms with van der Waals surface area (Å²) in [5.74, 6) is -0.783. The van der Waals surface area contributed by atoms with E-state index in [2.05, 4.69) is 22.0 Å². The van der Waals surface area contributed by atoms with Crippen molar-refractivity contribution < 1.29 is 14.3 Å². The third kappa shape index (κ3) is 6.59. The van der Waals surface area contributed by atoms with Gasteiger partial charge in [0.05, 0.1) is 41.1 Å². The Labute approximate surface area is 249 Å². The zero-order chi connectivity index (χ0) is 29.7. The first-order valence-corrected chi connectivity index (χ1v) is 14.3. The summed E-state index contributed by atoms with van der Waals surface area (Å²) < 4.78 is 5.40. The molecule has 0 radical (unpaired) electrons. The highest BCUT2D eigenvalue weighted by Gasteiger charge is 2.36. The van der Waals surface area contributed by atoms with E-state index in [0.717, 1.165) is 22.4 Å². The number of carbonyl (C=O) groups is 2. The van der Waals surface area contributed by atoms with Crippen molar-refractivity contribution in [3.63, 3.8) is 0 Å². The number of benzene rings is 3. The van der Waals surface area contributed by atoms with Crippen molar-refractivity contribution in [2.24, 2.45) is 0 Å². The second-order valence-corrected chi connectivity index (χ2v) is 11.1. The zero-order valence-electron chi connectivity index (χ0n) is 23.5. The van der Waals surface area contributed by atoms with Gasteiger partial charge in [0, 0.05) is 22.0 Å². The topological polar surface area (TPSA) is 103 Å². The van der Waals surface area contributed by atoms with Crippen LogP contribution in [-0.2, 0) is 9.59 Å². The van der Waals surface area contributed by atoms with Gasteiger partial charge in [0.1, 0.15) is 5.75 Å². The van der Waals surface area contributed by atoms with Gasteiger partial charge in [0.25, 0.3) is 5.91 Å². The van der Waals surface area contributed by atoms with E-state index in [1.54, 1.807) is 43.3 Å². The summed E-state index contributed by atoms with van der Waals surface area (Å²) in [6.45, 7) is 7.71. The van der Waals surface area contributed by atoms with Gasteiger partial charge in [0.15, 0.2) is 0 Å². The van der Waals surface area contributed by atoms with Gasteiger partial charge in [-0.05, 0) is 62.6 Å². The van der Waals surface area contributed by atoms with Crippen molar-refractivity contribution in [3.8, 4) is 11.8 Å². The van der Waals surface area contributed by atoms with Crippen LogP contribution in [0.4, 0.5) is 11.4 Å². The number of nitriles is 1. The summed E-state index contributed by atoms with van der Waals surface area (Å²) in [6.07, 6.45) is 0. The van der Waals surface area contributed by atoms with Crippen molar-refractivity contribution in [3.05, 3.63) is 110 Å². The summed E-state index contributed by atoms with van der Waals surface area (Å²) in [5.41, 5.74) is 6.19. The highest BCUT2D eigenvalue weighted by Crippen LogP contribution is 2.43. The van der Waals surface area contributed by atoms with Gasteiger partial charge in [-0.25, -0.2) is 0 Å². The fourth-order valence-electron chi connectivity index (χ4n) is 4.98. The average molecular weight is 587 g/mol. The fourth-order valence-corrected chi connectivity index (χ4v) is 6.11. The minimum atomic E-state index is -0.753. The molecule has 0 spiro atoms. The molecule has 7 nitrogen and oxygen atoms in total. The summed E-state index contributed by atoms with van der Waals surface area (Å²) in [7, 11) is 1.53. The van der Waals surface area contributed by atoms with Crippen LogP contribution in [0.3, 0.4) is 0 Å². The summed E-state index contributed by atoms with van der Waals surface area (Å²) >= 11 is 7.82. The monoisotopic (exact) mass is 586 g/mol. The summed E-state index contributed by atoms with van der Waals surface area (Å²) in [5, 5.41) is 20.4. The van der Waals surface area contributed by atoms with Gasteiger partial charge in [-0.2, -0.15) is 5.26 Å². The highest BCUT2D eigenvalue weighted by molar-refractivity contribution is 8.03. The van der Waals surface area contributed by atoms with E-state index < -0.39 is 11.8 Å². The van der Waals surface area contributed by atoms with Gasteiger partial charge in [-0.1, -0.05) is 71.4 Å². The van der Waals surface area contributed by atoms with E-state index in [4.69, 9.17) is 16.3 Å². The Morgan fingerprint density at radius 1 is 1.02 bits per heavy atom. The zero-order valence-corrected chi connectivity index (χ0v) is 25.1. The fraction of sp³-hybridized carbons (Fsp3) is 0.219. The van der Waals surface area contributed by atoms with Gasteiger partial charge in [-0.3, -0.25) is 9.59 Å². The maximum absolute atomic E-state index is 13.8. The number of methoxy groups -OCH3 is 1. The maximum Gasteiger partial charge on any atom is 0.254 e. The number of carbonyl (C=O) groups excluding carboxylic acids is 2. The largest absolute Gasteiger partial charge is 0.495 e. The Hall–Kier alpha value is -4.19. The molecular weight excluding hydrogens is 556 g/mol. The molecule has 1 atom stereocenters. The lowest BCUT2D eigenvalue weighted by molar-refractivity contribution is -0.114. The number of halogens is 1. The van der Waals surface area contributed by atoms with Crippen LogP contribution in [0, 0.1) is 32.1 Å². The van der Waals surface area contributed by atoms with Crippen LogP contribution in [0.1, 0.15) is 35.1 Å². The lowest BCUT2D eigenvalue weighted by atomic mass is 9.82. The molecule has 41 heavy (non-hydrogen) atoms. The quantitative estimate of drug-likeness (QED) is 0.263. The lowest BCUT2D eigenvalue weighted by Gasteiger charge is -2.30. The number of dihydropyridines is 1. The molecule has 0 bridgehead atoms. The molecule has 210 valence electrons. The normalized spacial score (nSPS) is 14.7. The predicted molar refractivity (Wildman–Crippen MR) is 166 cm³/mol. The van der Waals surface area contributed by atoms with Gasteiger partial charge in [0.2, 0.25) is 5.91 Å². The molecule has 0 saturated carbocycles. The average Bonchev–Trinajstić information content (AvgIpc) is 2.94. The number of rotatable bonds is 8. The number of hydrogen-bond acceptors (Lipinski definition) is 6. The molecule has 3 aromatic carbocycles. The van der Waals surface area contributed by atoms with Crippen molar-refractivity contribution in [2.75, 3.05) is 23.5 Å². The van der Waals surface area contributed by atoms with E-state index in [9.17, 15) is 14.9 Å². The van der Waals surface area contributed by atoms with Crippen molar-refractivity contribution >= 4 is 46.6 Å². The third-order valence-corrected chi connectivity index (χ3v) is 8.11. The first-order chi connectivity index (χ1) is 19.6. The van der Waals surface area contributed by atoms with Crippen LogP contribution in [0.25, 0.3) is 0 Å². The van der Waals surface area contributed by atoms with Gasteiger partial charge >= 0.3 is 0 Å². The van der Waals surface area contributed by atoms with E-state index in [0.29, 0.717) is 43.9 Å². The van der Waals surface area contributed by atoms with Crippen molar-refractivity contribution in [1.82, 2.24) is 5.32 Å². The molecule has 4 rings (SSSR count). The molecule has 9 heteroatoms. The number of para-hydroxylation sites is 2. The van der Waals surface area contributed by atoms with Crippen molar-refractivity contribution in [1.29, 1.82) is 5.26 Å². The number of thioether (sulfide) groups is 1. The van der Waals surface area contributed by atoms with Gasteiger partial charge in [-0.15, -0.1) is 0 Å². The SMILES string of the molecule is COc1ccccc1NC(=O)C1=C(C)NC(SCC(=O)Nc2c(C)cc(C)cc2C)=C(C#N)C1c1ccccc1Cl. The maximum atomic E-state index is 13.8. The Morgan fingerprint density at radius 3 is 2.34 bits per heavy atom. The number of hydrogen-bond donors (Lipinski definition) is 3. The first-order valence-electron chi connectivity index (χ1n) is 13.0. The van der Waals surface area contributed by atoms with Crippen LogP contribution < -0.4 is 20.7 Å². The van der Waals surface area contributed by atoms with E-state index in [-0.39, 0.29) is 11.7 Å². The van der Waals surface area contributed by atoms with Crippen LogP contribution >= 0.6 is 23.4 Å².